The Hall–Kier alpha value is -1.74. The largest absolute Gasteiger partial charge is 0.368 e. The topological polar surface area (TPSA) is 88.4 Å². The number of rotatable bonds is 6. The number of aliphatic imine (C=N–C) groups is 1. The lowest BCUT2D eigenvalue weighted by molar-refractivity contribution is 0.427. The molecule has 7 nitrogen and oxygen atoms in total. The summed E-state index contributed by atoms with van der Waals surface area (Å²) in [5.41, 5.74) is 1.13. The minimum atomic E-state index is -3.43. The summed E-state index contributed by atoms with van der Waals surface area (Å²) in [6.07, 6.45) is 9.25. The lowest BCUT2D eigenvalue weighted by Crippen LogP contribution is -2.35. The Morgan fingerprint density at radius 1 is 1.42 bits per heavy atom. The summed E-state index contributed by atoms with van der Waals surface area (Å²) >= 11 is 0. The highest BCUT2D eigenvalue weighted by molar-refractivity contribution is 7.89. The molecule has 1 fully saturated rings. The van der Waals surface area contributed by atoms with Crippen LogP contribution in [0, 0.1) is 5.92 Å². The van der Waals surface area contributed by atoms with Crippen molar-refractivity contribution in [2.24, 2.45) is 10.9 Å². The van der Waals surface area contributed by atoms with E-state index in [0.717, 1.165) is 24.4 Å². The third-order valence-electron chi connectivity index (χ3n) is 5.54. The summed E-state index contributed by atoms with van der Waals surface area (Å²) in [5.74, 6) is 1.25. The first-order valence-corrected chi connectivity index (χ1v) is 10.7. The number of aromatic nitrogens is 2. The van der Waals surface area contributed by atoms with Crippen LogP contribution in [-0.2, 0) is 10.0 Å². The van der Waals surface area contributed by atoms with Crippen LogP contribution in [0.15, 0.2) is 23.5 Å². The van der Waals surface area contributed by atoms with Crippen LogP contribution in [0.2, 0.25) is 0 Å². The van der Waals surface area contributed by atoms with Crippen LogP contribution in [0.25, 0.3) is 0 Å². The zero-order valence-corrected chi connectivity index (χ0v) is 15.5. The van der Waals surface area contributed by atoms with Crippen LogP contribution in [0.4, 0.5) is 4.39 Å². The molecule has 0 bridgehead atoms. The lowest BCUT2D eigenvalue weighted by Gasteiger charge is -2.27. The third-order valence-corrected chi connectivity index (χ3v) is 7.06. The average molecular weight is 381 g/mol. The predicted octanol–water partition coefficient (Wildman–Crippen LogP) is 1.46. The van der Waals surface area contributed by atoms with Crippen molar-refractivity contribution in [3.63, 3.8) is 0 Å². The van der Waals surface area contributed by atoms with E-state index in [4.69, 9.17) is 0 Å². The Kier molecular flexibility index (Phi) is 4.60. The van der Waals surface area contributed by atoms with Crippen molar-refractivity contribution >= 4 is 16.2 Å². The molecule has 0 spiro atoms. The maximum atomic E-state index is 12.3. The first-order chi connectivity index (χ1) is 12.5. The van der Waals surface area contributed by atoms with E-state index in [1.165, 1.54) is 0 Å². The van der Waals surface area contributed by atoms with Gasteiger partial charge in [-0.25, -0.2) is 18.1 Å². The van der Waals surface area contributed by atoms with E-state index >= 15 is 0 Å². The zero-order chi connectivity index (χ0) is 18.3. The normalized spacial score (nSPS) is 32.5. The highest BCUT2D eigenvalue weighted by Gasteiger charge is 2.39. The Morgan fingerprint density at radius 2 is 2.27 bits per heavy atom. The summed E-state index contributed by atoms with van der Waals surface area (Å²) in [6, 6.07) is -0.00365. The first-order valence-electron chi connectivity index (χ1n) is 9.07. The molecule has 2 unspecified atom stereocenters. The summed E-state index contributed by atoms with van der Waals surface area (Å²) in [4.78, 5) is 8.99. The molecule has 142 valence electrons. The lowest BCUT2D eigenvalue weighted by atomic mass is 9.94. The monoisotopic (exact) mass is 381 g/mol. The van der Waals surface area contributed by atoms with E-state index in [1.807, 2.05) is 12.4 Å². The van der Waals surface area contributed by atoms with E-state index in [0.29, 0.717) is 5.92 Å². The summed E-state index contributed by atoms with van der Waals surface area (Å²) in [6.45, 7) is 1.54. The van der Waals surface area contributed by atoms with Crippen molar-refractivity contribution < 1.29 is 12.8 Å². The quantitative estimate of drug-likeness (QED) is 0.781. The molecule has 2 aliphatic heterocycles. The Balaban J connectivity index is 1.53. The summed E-state index contributed by atoms with van der Waals surface area (Å²) in [5, 5.41) is 3.23. The Bertz CT molecular complexity index is 834. The molecule has 1 aliphatic carbocycles. The molecular weight excluding hydrogens is 357 g/mol. The fourth-order valence-electron chi connectivity index (χ4n) is 4.36. The van der Waals surface area contributed by atoms with Crippen molar-refractivity contribution in [2.75, 3.05) is 12.4 Å². The number of fused-ring (bicyclic) bond motifs is 3. The SMILES string of the molecule is C[C@@H]1C[C@H](NS(=O)(=O)CCCF)C[C@@H]1c1cnc2n1C1C=CNC1N=C2. The van der Waals surface area contributed by atoms with E-state index in [-0.39, 0.29) is 36.3 Å². The molecule has 9 heteroatoms. The van der Waals surface area contributed by atoms with Gasteiger partial charge >= 0.3 is 0 Å². The summed E-state index contributed by atoms with van der Waals surface area (Å²) < 4.78 is 41.5. The zero-order valence-electron chi connectivity index (χ0n) is 14.7. The van der Waals surface area contributed by atoms with Crippen LogP contribution < -0.4 is 10.0 Å². The summed E-state index contributed by atoms with van der Waals surface area (Å²) in [7, 11) is -3.43. The average Bonchev–Trinajstić information content (AvgIpc) is 3.29. The smallest absolute Gasteiger partial charge is 0.211 e. The number of nitrogens with zero attached hydrogens (tertiary/aromatic N) is 3. The molecule has 0 amide bonds. The van der Waals surface area contributed by atoms with Crippen LogP contribution in [0.1, 0.15) is 49.7 Å². The van der Waals surface area contributed by atoms with Crippen molar-refractivity contribution in [3.05, 3.63) is 30.0 Å². The van der Waals surface area contributed by atoms with Gasteiger partial charge < -0.3 is 9.88 Å². The van der Waals surface area contributed by atoms with Crippen molar-refractivity contribution in [1.29, 1.82) is 0 Å². The number of hydrogen-bond acceptors (Lipinski definition) is 5. The van der Waals surface area contributed by atoms with Gasteiger partial charge in [-0.3, -0.25) is 9.38 Å². The van der Waals surface area contributed by atoms with Crippen molar-refractivity contribution in [3.8, 4) is 0 Å². The van der Waals surface area contributed by atoms with E-state index in [9.17, 15) is 12.8 Å². The second-order valence-corrected chi connectivity index (χ2v) is 9.26. The third kappa shape index (κ3) is 3.18. The molecular formula is C17H24FN5O2S. The molecule has 1 aromatic heterocycles. The molecule has 4 rings (SSSR count). The van der Waals surface area contributed by atoms with E-state index < -0.39 is 16.7 Å². The van der Waals surface area contributed by atoms with Gasteiger partial charge in [0.2, 0.25) is 10.0 Å². The fourth-order valence-corrected chi connectivity index (χ4v) is 5.67. The van der Waals surface area contributed by atoms with Gasteiger partial charge in [0.05, 0.1) is 24.7 Å². The highest BCUT2D eigenvalue weighted by Crippen LogP contribution is 2.42. The molecule has 1 aromatic rings. The number of sulfonamides is 1. The van der Waals surface area contributed by atoms with Gasteiger partial charge in [0.15, 0.2) is 5.82 Å². The molecule has 26 heavy (non-hydrogen) atoms. The van der Waals surface area contributed by atoms with Crippen LogP contribution in [0.3, 0.4) is 0 Å². The maximum absolute atomic E-state index is 12.3. The van der Waals surface area contributed by atoms with Crippen molar-refractivity contribution in [1.82, 2.24) is 19.6 Å². The molecule has 0 aromatic carbocycles. The second-order valence-electron chi connectivity index (χ2n) is 7.38. The van der Waals surface area contributed by atoms with Gasteiger partial charge in [0.25, 0.3) is 0 Å². The molecule has 0 saturated heterocycles. The van der Waals surface area contributed by atoms with Gasteiger partial charge in [-0.05, 0) is 37.5 Å². The van der Waals surface area contributed by atoms with Crippen LogP contribution in [-0.4, -0.2) is 48.8 Å². The van der Waals surface area contributed by atoms with Gasteiger partial charge in [0.1, 0.15) is 6.17 Å². The van der Waals surface area contributed by atoms with Crippen LogP contribution >= 0.6 is 0 Å². The molecule has 3 heterocycles. The molecule has 0 radical (unpaired) electrons. The molecule has 3 aliphatic rings. The van der Waals surface area contributed by atoms with Crippen molar-refractivity contribution in [2.45, 2.75) is 50.4 Å². The molecule has 1 saturated carbocycles. The van der Waals surface area contributed by atoms with Gasteiger partial charge in [-0.2, -0.15) is 0 Å². The number of imidazole rings is 1. The number of nitrogens with one attached hydrogen (secondary N) is 2. The molecule has 2 N–H and O–H groups in total. The number of hydrogen-bond donors (Lipinski definition) is 2. The Morgan fingerprint density at radius 3 is 3.08 bits per heavy atom. The predicted molar refractivity (Wildman–Crippen MR) is 97.4 cm³/mol. The van der Waals surface area contributed by atoms with E-state index in [1.54, 1.807) is 6.21 Å². The first kappa shape index (κ1) is 17.7. The highest BCUT2D eigenvalue weighted by atomic mass is 32.2. The van der Waals surface area contributed by atoms with Gasteiger partial charge in [-0.15, -0.1) is 0 Å². The minimum Gasteiger partial charge on any atom is -0.368 e. The fraction of sp³-hybridized carbons (Fsp3) is 0.647. The van der Waals surface area contributed by atoms with Gasteiger partial charge in [-0.1, -0.05) is 6.92 Å². The Labute approximate surface area is 152 Å². The van der Waals surface area contributed by atoms with E-state index in [2.05, 4.69) is 37.6 Å². The number of halogens is 1. The molecule has 5 atom stereocenters. The number of alkyl halides is 1. The van der Waals surface area contributed by atoms with Gasteiger partial charge in [0, 0.05) is 23.9 Å². The maximum Gasteiger partial charge on any atom is 0.211 e. The second kappa shape index (κ2) is 6.77. The standard InChI is InChI=1S/C17H24FN5O2S/c1-11-7-12(22-26(24,25)6-2-4-18)8-13(11)15-9-20-16-10-21-17-14(23(15)16)3-5-19-17/h3,5,9-14,17,19,22H,2,4,6-8H2,1H3/t11-,12+,13+,14?,17?/m1/s1. The van der Waals surface area contributed by atoms with Crippen LogP contribution in [0.5, 0.6) is 0 Å². The minimum absolute atomic E-state index is 0.00200.